The first-order valence-electron chi connectivity index (χ1n) is 11.8. The summed E-state index contributed by atoms with van der Waals surface area (Å²) in [4.78, 5) is 28.3. The molecule has 6 heteroatoms. The van der Waals surface area contributed by atoms with Gasteiger partial charge in [0.1, 0.15) is 17.6 Å². The molecule has 0 aromatic heterocycles. The van der Waals surface area contributed by atoms with Crippen LogP contribution < -0.4 is 10.1 Å². The third kappa shape index (κ3) is 7.15. The fourth-order valence-corrected chi connectivity index (χ4v) is 3.85. The molecule has 184 valence electrons. The number of hydrogen-bond donors (Lipinski definition) is 1. The van der Waals surface area contributed by atoms with E-state index in [2.05, 4.69) is 5.32 Å². The summed E-state index contributed by atoms with van der Waals surface area (Å²) >= 11 is 0. The van der Waals surface area contributed by atoms with Gasteiger partial charge in [-0.1, -0.05) is 60.7 Å². The second-order valence-corrected chi connectivity index (χ2v) is 8.97. The Labute approximate surface area is 206 Å². The maximum atomic E-state index is 14.6. The molecule has 0 unspecified atom stereocenters. The van der Waals surface area contributed by atoms with Gasteiger partial charge in [-0.3, -0.25) is 9.59 Å². The van der Waals surface area contributed by atoms with Crippen molar-refractivity contribution in [3.8, 4) is 5.75 Å². The highest BCUT2D eigenvalue weighted by Gasteiger charge is 2.31. The van der Waals surface area contributed by atoms with E-state index in [1.807, 2.05) is 76.2 Å². The first kappa shape index (κ1) is 25.9. The van der Waals surface area contributed by atoms with Gasteiger partial charge < -0.3 is 15.0 Å². The van der Waals surface area contributed by atoms with E-state index >= 15 is 0 Å². The molecule has 0 saturated heterocycles. The molecule has 0 bridgehead atoms. The number of ether oxygens (including phenoxy) is 1. The second-order valence-electron chi connectivity index (χ2n) is 8.97. The van der Waals surface area contributed by atoms with Crippen molar-refractivity contribution in [2.75, 3.05) is 6.61 Å². The molecule has 3 rings (SSSR count). The molecule has 0 aliphatic heterocycles. The zero-order valence-corrected chi connectivity index (χ0v) is 20.8. The van der Waals surface area contributed by atoms with Crippen molar-refractivity contribution in [1.82, 2.24) is 10.2 Å². The van der Waals surface area contributed by atoms with Crippen molar-refractivity contribution in [2.24, 2.45) is 0 Å². The number of benzene rings is 3. The molecule has 0 fully saturated rings. The highest BCUT2D eigenvalue weighted by atomic mass is 19.1. The number of aryl methyl sites for hydroxylation is 1. The lowest BCUT2D eigenvalue weighted by atomic mass is 10.0. The van der Waals surface area contributed by atoms with Gasteiger partial charge in [0.2, 0.25) is 5.91 Å². The van der Waals surface area contributed by atoms with E-state index in [4.69, 9.17) is 4.74 Å². The minimum atomic E-state index is -0.839. The number of hydrogen-bond acceptors (Lipinski definition) is 3. The number of nitrogens with zero attached hydrogens (tertiary/aromatic N) is 1. The highest BCUT2D eigenvalue weighted by molar-refractivity contribution is 5.88. The van der Waals surface area contributed by atoms with Crippen LogP contribution in [0.3, 0.4) is 0 Å². The van der Waals surface area contributed by atoms with Crippen LogP contribution in [0.1, 0.15) is 36.1 Å². The molecule has 35 heavy (non-hydrogen) atoms. The molecule has 5 nitrogen and oxygen atoms in total. The van der Waals surface area contributed by atoms with E-state index in [0.717, 1.165) is 16.7 Å². The average Bonchev–Trinajstić information content (AvgIpc) is 2.83. The van der Waals surface area contributed by atoms with E-state index in [9.17, 15) is 14.0 Å². The van der Waals surface area contributed by atoms with Crippen molar-refractivity contribution in [2.45, 2.75) is 52.7 Å². The van der Waals surface area contributed by atoms with Crippen LogP contribution in [-0.4, -0.2) is 35.4 Å². The molecule has 1 atom stereocenters. The summed E-state index contributed by atoms with van der Waals surface area (Å²) in [5.74, 6) is -0.506. The Kier molecular flexibility index (Phi) is 9.01. The number of rotatable bonds is 10. The molecule has 0 aliphatic carbocycles. The summed E-state index contributed by atoms with van der Waals surface area (Å²) in [6, 6.07) is 20.5. The molecule has 0 spiro atoms. The maximum Gasteiger partial charge on any atom is 0.261 e. The summed E-state index contributed by atoms with van der Waals surface area (Å²) in [7, 11) is 0. The van der Waals surface area contributed by atoms with Gasteiger partial charge >= 0.3 is 0 Å². The van der Waals surface area contributed by atoms with Gasteiger partial charge in [-0.15, -0.1) is 0 Å². The summed E-state index contributed by atoms with van der Waals surface area (Å²) in [6.45, 7) is 7.32. The Bertz CT molecular complexity index is 1150. The van der Waals surface area contributed by atoms with Crippen LogP contribution in [0.4, 0.5) is 4.39 Å². The number of nitrogens with one attached hydrogen (secondary N) is 1. The van der Waals surface area contributed by atoms with Crippen molar-refractivity contribution >= 4 is 11.8 Å². The zero-order chi connectivity index (χ0) is 25.4. The summed E-state index contributed by atoms with van der Waals surface area (Å²) in [5, 5.41) is 2.92. The average molecular weight is 477 g/mol. The lowest BCUT2D eigenvalue weighted by Crippen LogP contribution is -2.53. The van der Waals surface area contributed by atoms with Crippen molar-refractivity contribution in [3.05, 3.63) is 101 Å². The fourth-order valence-electron chi connectivity index (χ4n) is 3.85. The maximum absolute atomic E-state index is 14.6. The minimum absolute atomic E-state index is 0.0509. The monoisotopic (exact) mass is 476 g/mol. The standard InChI is InChI=1S/C29H33FN2O3/c1-20(2)31-29(34)26(17-23-12-6-5-7-13-23)32(18-24-14-8-9-15-25(24)30)28(33)19-35-27-16-10-11-21(3)22(27)4/h5-16,20,26H,17-19H2,1-4H3,(H,31,34)/t26-/m0/s1. The third-order valence-corrected chi connectivity index (χ3v) is 5.91. The predicted octanol–water partition coefficient (Wildman–Crippen LogP) is 4.99. The van der Waals surface area contributed by atoms with Crippen molar-refractivity contribution in [1.29, 1.82) is 0 Å². The van der Waals surface area contributed by atoms with Gasteiger partial charge in [0.25, 0.3) is 5.91 Å². The van der Waals surface area contributed by atoms with E-state index in [1.165, 1.54) is 11.0 Å². The second kappa shape index (κ2) is 12.2. The normalized spacial score (nSPS) is 11.7. The van der Waals surface area contributed by atoms with Gasteiger partial charge in [0, 0.05) is 24.6 Å². The Morgan fingerprint density at radius 2 is 1.63 bits per heavy atom. The van der Waals surface area contributed by atoms with Crippen molar-refractivity contribution < 1.29 is 18.7 Å². The molecule has 0 radical (unpaired) electrons. The Morgan fingerprint density at radius 3 is 2.31 bits per heavy atom. The van der Waals surface area contributed by atoms with Crippen LogP contribution in [0, 0.1) is 19.7 Å². The zero-order valence-electron chi connectivity index (χ0n) is 20.8. The lowest BCUT2D eigenvalue weighted by molar-refractivity contribution is -0.143. The Morgan fingerprint density at radius 1 is 0.943 bits per heavy atom. The van der Waals surface area contributed by atoms with Gasteiger partial charge in [-0.05, 0) is 56.5 Å². The molecule has 0 aliphatic rings. The van der Waals surface area contributed by atoms with Crippen LogP contribution >= 0.6 is 0 Å². The number of halogens is 1. The van der Waals surface area contributed by atoms with Crippen LogP contribution in [-0.2, 0) is 22.6 Å². The van der Waals surface area contributed by atoms with E-state index < -0.39 is 17.8 Å². The number of carbonyl (C=O) groups excluding carboxylic acids is 2. The summed E-state index contributed by atoms with van der Waals surface area (Å²) < 4.78 is 20.5. The van der Waals surface area contributed by atoms with Crippen LogP contribution in [0.2, 0.25) is 0 Å². The van der Waals surface area contributed by atoms with E-state index in [0.29, 0.717) is 17.7 Å². The first-order valence-corrected chi connectivity index (χ1v) is 11.8. The topological polar surface area (TPSA) is 58.6 Å². The molecular weight excluding hydrogens is 443 g/mol. The van der Waals surface area contributed by atoms with E-state index in [-0.39, 0.29) is 25.1 Å². The minimum Gasteiger partial charge on any atom is -0.483 e. The molecule has 1 N–H and O–H groups in total. The summed E-state index contributed by atoms with van der Waals surface area (Å²) in [6.07, 6.45) is 0.295. The van der Waals surface area contributed by atoms with Gasteiger partial charge in [-0.25, -0.2) is 4.39 Å². The highest BCUT2D eigenvalue weighted by Crippen LogP contribution is 2.22. The van der Waals surface area contributed by atoms with Gasteiger partial charge in [-0.2, -0.15) is 0 Å². The molecule has 3 aromatic carbocycles. The van der Waals surface area contributed by atoms with Crippen LogP contribution in [0.25, 0.3) is 0 Å². The molecule has 0 saturated carbocycles. The van der Waals surface area contributed by atoms with Crippen LogP contribution in [0.15, 0.2) is 72.8 Å². The number of carbonyl (C=O) groups is 2. The molecular formula is C29H33FN2O3. The first-order chi connectivity index (χ1) is 16.8. The third-order valence-electron chi connectivity index (χ3n) is 5.91. The summed E-state index contributed by atoms with van der Waals surface area (Å²) in [5.41, 5.74) is 3.23. The van der Waals surface area contributed by atoms with Crippen molar-refractivity contribution in [3.63, 3.8) is 0 Å². The molecule has 0 heterocycles. The van der Waals surface area contributed by atoms with E-state index in [1.54, 1.807) is 18.2 Å². The molecule has 3 aromatic rings. The van der Waals surface area contributed by atoms with Gasteiger partial charge in [0.15, 0.2) is 6.61 Å². The fraction of sp³-hybridized carbons (Fsp3) is 0.310. The SMILES string of the molecule is Cc1cccc(OCC(=O)N(Cc2ccccc2F)[C@@H](Cc2ccccc2)C(=O)NC(C)C)c1C. The smallest absolute Gasteiger partial charge is 0.261 e. The van der Waals surface area contributed by atoms with Gasteiger partial charge in [0.05, 0.1) is 0 Å². The number of amides is 2. The quantitative estimate of drug-likeness (QED) is 0.449. The Hall–Kier alpha value is -3.67. The largest absolute Gasteiger partial charge is 0.483 e. The van der Waals surface area contributed by atoms with Crippen LogP contribution in [0.5, 0.6) is 5.75 Å². The Balaban J connectivity index is 1.94. The predicted molar refractivity (Wildman–Crippen MR) is 136 cm³/mol. The molecule has 2 amide bonds. The lowest BCUT2D eigenvalue weighted by Gasteiger charge is -2.32.